The topological polar surface area (TPSA) is 82.6 Å². The number of nitrogens with zero attached hydrogens (tertiary/aromatic N) is 1. The maximum absolute atomic E-state index is 12.0. The summed E-state index contributed by atoms with van der Waals surface area (Å²) in [5, 5.41) is 6.68. The van der Waals surface area contributed by atoms with Crippen LogP contribution in [0.25, 0.3) is 0 Å². The highest BCUT2D eigenvalue weighted by molar-refractivity contribution is 7.89. The van der Waals surface area contributed by atoms with Crippen molar-refractivity contribution in [3.63, 3.8) is 0 Å². The fourth-order valence-corrected chi connectivity index (χ4v) is 4.17. The maximum atomic E-state index is 12.0. The fourth-order valence-electron chi connectivity index (χ4n) is 3.21. The van der Waals surface area contributed by atoms with Crippen molar-refractivity contribution >= 4 is 16.0 Å². The van der Waals surface area contributed by atoms with Crippen molar-refractivity contribution in [2.24, 2.45) is 16.8 Å². The standard InChI is InChI=1S/C17H34N4O2S/c1-3-18-17(21-16-9-7-14(2)8-10-16)19-11-12-24(22,23)20-13-15-5-4-6-15/h14-16,20H,3-13H2,1-2H3,(H2,18,19,21). The molecule has 0 aromatic rings. The summed E-state index contributed by atoms with van der Waals surface area (Å²) in [6, 6.07) is 0.451. The van der Waals surface area contributed by atoms with Gasteiger partial charge in [-0.05, 0) is 57.3 Å². The van der Waals surface area contributed by atoms with Crippen LogP contribution in [-0.4, -0.2) is 45.8 Å². The molecule has 6 nitrogen and oxygen atoms in total. The van der Waals surface area contributed by atoms with E-state index < -0.39 is 10.0 Å². The third-order valence-corrected chi connectivity index (χ3v) is 6.47. The number of hydrogen-bond acceptors (Lipinski definition) is 3. The summed E-state index contributed by atoms with van der Waals surface area (Å²) in [5.41, 5.74) is 0. The molecule has 24 heavy (non-hydrogen) atoms. The van der Waals surface area contributed by atoms with Crippen LogP contribution in [0.1, 0.15) is 58.8 Å². The SMILES string of the molecule is CCNC(=NCCS(=O)(=O)NCC1CCC1)NC1CCC(C)CC1. The first-order chi connectivity index (χ1) is 11.5. The van der Waals surface area contributed by atoms with Crippen molar-refractivity contribution in [2.75, 3.05) is 25.4 Å². The number of nitrogens with one attached hydrogen (secondary N) is 3. The second-order valence-corrected chi connectivity index (χ2v) is 9.25. The van der Waals surface area contributed by atoms with E-state index in [2.05, 4.69) is 27.3 Å². The van der Waals surface area contributed by atoms with Crippen LogP contribution < -0.4 is 15.4 Å². The summed E-state index contributed by atoms with van der Waals surface area (Å²) in [6.45, 7) is 5.98. The van der Waals surface area contributed by atoms with Gasteiger partial charge < -0.3 is 10.6 Å². The van der Waals surface area contributed by atoms with Crippen molar-refractivity contribution in [3.05, 3.63) is 0 Å². The van der Waals surface area contributed by atoms with Gasteiger partial charge in [-0.2, -0.15) is 0 Å². The van der Waals surface area contributed by atoms with Crippen molar-refractivity contribution in [2.45, 2.75) is 64.8 Å². The molecule has 0 amide bonds. The molecular formula is C17H34N4O2S. The predicted octanol–water partition coefficient (Wildman–Crippen LogP) is 1.84. The minimum Gasteiger partial charge on any atom is -0.357 e. The monoisotopic (exact) mass is 358 g/mol. The molecule has 2 saturated carbocycles. The molecule has 0 aromatic carbocycles. The van der Waals surface area contributed by atoms with Crippen LogP contribution in [0.15, 0.2) is 4.99 Å². The molecule has 0 unspecified atom stereocenters. The van der Waals surface area contributed by atoms with Crippen molar-refractivity contribution in [1.82, 2.24) is 15.4 Å². The summed E-state index contributed by atoms with van der Waals surface area (Å²) >= 11 is 0. The molecule has 0 spiro atoms. The van der Waals surface area contributed by atoms with E-state index in [4.69, 9.17) is 0 Å². The molecule has 0 radical (unpaired) electrons. The van der Waals surface area contributed by atoms with Gasteiger partial charge >= 0.3 is 0 Å². The Hall–Kier alpha value is -0.820. The van der Waals surface area contributed by atoms with E-state index in [9.17, 15) is 8.42 Å². The van der Waals surface area contributed by atoms with E-state index in [0.29, 0.717) is 25.0 Å². The van der Waals surface area contributed by atoms with Crippen LogP contribution in [0.4, 0.5) is 0 Å². The lowest BCUT2D eigenvalue weighted by atomic mass is 9.86. The largest absolute Gasteiger partial charge is 0.357 e. The summed E-state index contributed by atoms with van der Waals surface area (Å²) in [6.07, 6.45) is 8.34. The average Bonchev–Trinajstić information content (AvgIpc) is 2.48. The van der Waals surface area contributed by atoms with Gasteiger partial charge in [0.25, 0.3) is 0 Å². The zero-order valence-electron chi connectivity index (χ0n) is 15.2. The smallest absolute Gasteiger partial charge is 0.213 e. The number of sulfonamides is 1. The van der Waals surface area contributed by atoms with Crippen LogP contribution in [-0.2, 0) is 10.0 Å². The molecule has 2 aliphatic carbocycles. The Bertz CT molecular complexity index is 495. The molecule has 2 fully saturated rings. The van der Waals surface area contributed by atoms with Gasteiger partial charge in [0.15, 0.2) is 5.96 Å². The van der Waals surface area contributed by atoms with Crippen molar-refractivity contribution in [1.29, 1.82) is 0 Å². The van der Waals surface area contributed by atoms with Gasteiger partial charge in [0.2, 0.25) is 10.0 Å². The third-order valence-electron chi connectivity index (χ3n) is 5.15. The van der Waals surface area contributed by atoms with Crippen LogP contribution in [0, 0.1) is 11.8 Å². The molecule has 3 N–H and O–H groups in total. The highest BCUT2D eigenvalue weighted by Gasteiger charge is 2.21. The maximum Gasteiger partial charge on any atom is 0.213 e. The number of aliphatic imine (C=N–C) groups is 1. The van der Waals surface area contributed by atoms with Gasteiger partial charge in [-0.25, -0.2) is 13.1 Å². The minimum atomic E-state index is -3.22. The van der Waals surface area contributed by atoms with E-state index in [1.807, 2.05) is 6.92 Å². The molecule has 140 valence electrons. The first-order valence-corrected chi connectivity index (χ1v) is 11.2. The summed E-state index contributed by atoms with van der Waals surface area (Å²) in [5.74, 6) is 2.15. The lowest BCUT2D eigenvalue weighted by molar-refractivity contribution is 0.316. The number of hydrogen-bond donors (Lipinski definition) is 3. The Kier molecular flexibility index (Phi) is 7.81. The third kappa shape index (κ3) is 6.97. The molecule has 0 aromatic heterocycles. The van der Waals surface area contributed by atoms with Gasteiger partial charge in [-0.15, -0.1) is 0 Å². The normalized spacial score (nSPS) is 26.0. The summed E-state index contributed by atoms with van der Waals surface area (Å²) in [7, 11) is -3.22. The van der Waals surface area contributed by atoms with Crippen molar-refractivity contribution < 1.29 is 8.42 Å². The predicted molar refractivity (Wildman–Crippen MR) is 99.7 cm³/mol. The lowest BCUT2D eigenvalue weighted by Crippen LogP contribution is -2.45. The molecule has 0 atom stereocenters. The van der Waals surface area contributed by atoms with Crippen LogP contribution in [0.5, 0.6) is 0 Å². The van der Waals surface area contributed by atoms with Gasteiger partial charge in [0.05, 0.1) is 12.3 Å². The fraction of sp³-hybridized carbons (Fsp3) is 0.941. The van der Waals surface area contributed by atoms with E-state index in [-0.39, 0.29) is 5.75 Å². The van der Waals surface area contributed by atoms with Gasteiger partial charge in [0, 0.05) is 19.1 Å². The lowest BCUT2D eigenvalue weighted by Gasteiger charge is -2.28. The quantitative estimate of drug-likeness (QED) is 0.457. The molecule has 0 aliphatic heterocycles. The molecule has 0 saturated heterocycles. The molecule has 0 bridgehead atoms. The first-order valence-electron chi connectivity index (χ1n) is 9.50. The molecule has 0 heterocycles. The van der Waals surface area contributed by atoms with E-state index in [0.717, 1.165) is 44.1 Å². The summed E-state index contributed by atoms with van der Waals surface area (Å²) < 4.78 is 26.8. The number of rotatable bonds is 8. The van der Waals surface area contributed by atoms with E-state index in [1.54, 1.807) is 0 Å². The average molecular weight is 359 g/mol. The Balaban J connectivity index is 1.74. The minimum absolute atomic E-state index is 0.0536. The second-order valence-electron chi connectivity index (χ2n) is 7.33. The number of guanidine groups is 1. The van der Waals surface area contributed by atoms with Gasteiger partial charge in [0.1, 0.15) is 0 Å². The Labute approximate surface area is 147 Å². The van der Waals surface area contributed by atoms with Gasteiger partial charge in [-0.3, -0.25) is 4.99 Å². The van der Waals surface area contributed by atoms with Gasteiger partial charge in [-0.1, -0.05) is 13.3 Å². The van der Waals surface area contributed by atoms with Crippen LogP contribution in [0.2, 0.25) is 0 Å². The van der Waals surface area contributed by atoms with Crippen LogP contribution in [0.3, 0.4) is 0 Å². The molecule has 2 rings (SSSR count). The zero-order chi connectivity index (χ0) is 17.4. The second kappa shape index (κ2) is 9.61. The highest BCUT2D eigenvalue weighted by atomic mass is 32.2. The Morgan fingerprint density at radius 2 is 1.83 bits per heavy atom. The van der Waals surface area contributed by atoms with E-state index in [1.165, 1.54) is 19.3 Å². The summed E-state index contributed by atoms with van der Waals surface area (Å²) in [4.78, 5) is 4.45. The van der Waals surface area contributed by atoms with Crippen molar-refractivity contribution in [3.8, 4) is 0 Å². The van der Waals surface area contributed by atoms with E-state index >= 15 is 0 Å². The highest BCUT2D eigenvalue weighted by Crippen LogP contribution is 2.25. The first kappa shape index (κ1) is 19.5. The molecule has 2 aliphatic rings. The Morgan fingerprint density at radius 1 is 1.12 bits per heavy atom. The zero-order valence-corrected chi connectivity index (χ0v) is 16.0. The Morgan fingerprint density at radius 3 is 2.42 bits per heavy atom. The van der Waals surface area contributed by atoms with Crippen LogP contribution >= 0.6 is 0 Å². The molecular weight excluding hydrogens is 324 g/mol. The molecule has 7 heteroatoms.